The number of ether oxygens (including phenoxy) is 1. The van der Waals surface area contributed by atoms with Crippen LogP contribution in [0.5, 0.6) is 0 Å². The van der Waals surface area contributed by atoms with Gasteiger partial charge >= 0.3 is 6.09 Å². The number of nitrogens with zero attached hydrogens (tertiary/aromatic N) is 2. The number of hydroxylamine groups is 2. The van der Waals surface area contributed by atoms with Crippen molar-refractivity contribution in [2.75, 3.05) is 23.9 Å². The van der Waals surface area contributed by atoms with Gasteiger partial charge in [-0.2, -0.15) is 16.8 Å². The van der Waals surface area contributed by atoms with Crippen LogP contribution in [0.3, 0.4) is 0 Å². The highest BCUT2D eigenvalue weighted by atomic mass is 32.2. The highest BCUT2D eigenvalue weighted by molar-refractivity contribution is 7.98. The fraction of sp³-hybridized carbons (Fsp3) is 0.632. The van der Waals surface area contributed by atoms with Crippen molar-refractivity contribution in [3.8, 4) is 0 Å². The first-order valence-corrected chi connectivity index (χ1v) is 10.5. The maximum Gasteiger partial charge on any atom is 0.412 e. The van der Waals surface area contributed by atoms with Crippen molar-refractivity contribution in [1.29, 1.82) is 0 Å². The van der Waals surface area contributed by atoms with Gasteiger partial charge in [-0.1, -0.05) is 18.2 Å². The molecule has 0 bridgehead atoms. The maximum atomic E-state index is 13.1. The number of benzene rings is 1. The van der Waals surface area contributed by atoms with Gasteiger partial charge in [-0.3, -0.25) is 4.90 Å². The van der Waals surface area contributed by atoms with Gasteiger partial charge in [0.15, 0.2) is 0 Å². The Kier molecular flexibility index (Phi) is 4.17. The quantitative estimate of drug-likeness (QED) is 0.826. The molecule has 0 saturated carbocycles. The van der Waals surface area contributed by atoms with Gasteiger partial charge in [0.2, 0.25) is 0 Å². The Morgan fingerprint density at radius 3 is 2.85 bits per heavy atom. The minimum atomic E-state index is -0.559. The lowest BCUT2D eigenvalue weighted by atomic mass is 9.75. The number of anilines is 1. The first-order chi connectivity index (χ1) is 12.3. The van der Waals surface area contributed by atoms with Crippen molar-refractivity contribution < 1.29 is 14.7 Å². The molecule has 1 unspecified atom stereocenters. The molecule has 0 radical (unpaired) electrons. The fourth-order valence-electron chi connectivity index (χ4n) is 4.98. The summed E-state index contributed by atoms with van der Waals surface area (Å²) in [4.78, 5) is 15.0. The van der Waals surface area contributed by atoms with Crippen LogP contribution in [-0.4, -0.2) is 63.7 Å². The minimum Gasteiger partial charge on any atom is -0.444 e. The van der Waals surface area contributed by atoms with E-state index in [4.69, 9.17) is 4.74 Å². The largest absolute Gasteiger partial charge is 0.444 e. The summed E-state index contributed by atoms with van der Waals surface area (Å²) in [5, 5.41) is 15.7. The van der Waals surface area contributed by atoms with Crippen LogP contribution >= 0.6 is 11.8 Å². The average Bonchev–Trinajstić information content (AvgIpc) is 3.13. The number of rotatable bonds is 2. The van der Waals surface area contributed by atoms with Crippen LogP contribution in [0.1, 0.15) is 32.8 Å². The van der Waals surface area contributed by atoms with Gasteiger partial charge < -0.3 is 15.3 Å². The second-order valence-electron chi connectivity index (χ2n) is 8.40. The van der Waals surface area contributed by atoms with E-state index in [0.29, 0.717) is 6.54 Å². The standard InChI is InChI=1S/C19H27N3O3S/c1-18(2,3)25-17(23)22-14(11-26-4)15-19(9-10-21(15)24)12-7-5-6-8-13(12)20-16(19)22/h5-8,14-16,20,24H,9-11H2,1-4H3/t14-,15-,16-,19?/m0/s1. The van der Waals surface area contributed by atoms with E-state index in [2.05, 4.69) is 17.4 Å². The van der Waals surface area contributed by atoms with Crippen LogP contribution < -0.4 is 5.32 Å². The molecule has 2 N–H and O–H groups in total. The molecule has 2 fully saturated rings. The van der Waals surface area contributed by atoms with Crippen molar-refractivity contribution in [3.05, 3.63) is 29.8 Å². The molecule has 4 rings (SSSR count). The fourth-order valence-corrected chi connectivity index (χ4v) is 5.67. The summed E-state index contributed by atoms with van der Waals surface area (Å²) in [5.74, 6) is 0.753. The molecule has 1 spiro atoms. The molecule has 1 aromatic carbocycles. The first-order valence-electron chi connectivity index (χ1n) is 9.11. The molecule has 3 aliphatic heterocycles. The molecule has 0 aromatic heterocycles. The smallest absolute Gasteiger partial charge is 0.412 e. The van der Waals surface area contributed by atoms with E-state index in [0.717, 1.165) is 17.9 Å². The number of thioether (sulfide) groups is 1. The molecule has 1 amide bonds. The SMILES string of the molecule is CSC[C@H]1[C@@H]2N(O)CCC23c2ccccc2N[C@H]3N1C(=O)OC(C)(C)C. The normalized spacial score (nSPS) is 32.8. The van der Waals surface area contributed by atoms with Crippen LogP contribution in [0, 0.1) is 0 Å². The molecular formula is C19H27N3O3S. The Balaban J connectivity index is 1.80. The van der Waals surface area contributed by atoms with E-state index in [1.54, 1.807) is 11.8 Å². The van der Waals surface area contributed by atoms with E-state index in [1.807, 2.05) is 44.1 Å². The number of nitrogens with one attached hydrogen (secondary N) is 1. The highest BCUT2D eigenvalue weighted by Gasteiger charge is 2.69. The maximum absolute atomic E-state index is 13.1. The number of fused-ring (bicyclic) bond motifs is 1. The van der Waals surface area contributed by atoms with E-state index < -0.39 is 5.60 Å². The molecule has 0 aliphatic carbocycles. The van der Waals surface area contributed by atoms with Gasteiger partial charge in [0.05, 0.1) is 17.5 Å². The van der Waals surface area contributed by atoms with Gasteiger partial charge in [0.25, 0.3) is 0 Å². The second kappa shape index (κ2) is 6.04. The number of likely N-dealkylation sites (tertiary alicyclic amines) is 1. The summed E-state index contributed by atoms with van der Waals surface area (Å²) < 4.78 is 5.74. The lowest BCUT2D eigenvalue weighted by Gasteiger charge is -2.34. The van der Waals surface area contributed by atoms with Crippen LogP contribution in [-0.2, 0) is 10.2 Å². The predicted octanol–water partition coefficient (Wildman–Crippen LogP) is 3.12. The van der Waals surface area contributed by atoms with E-state index in [-0.39, 0.29) is 29.8 Å². The number of para-hydroxylation sites is 1. The average molecular weight is 378 g/mol. The number of carbonyl (C=O) groups excluding carboxylic acids is 1. The van der Waals surface area contributed by atoms with E-state index >= 15 is 0 Å². The number of hydrogen-bond donors (Lipinski definition) is 2. The Morgan fingerprint density at radius 1 is 1.42 bits per heavy atom. The Bertz CT molecular complexity index is 722. The zero-order valence-corrected chi connectivity index (χ0v) is 16.5. The third-order valence-electron chi connectivity index (χ3n) is 5.75. The van der Waals surface area contributed by atoms with Gasteiger partial charge in [-0.15, -0.1) is 0 Å². The highest BCUT2D eigenvalue weighted by Crippen LogP contribution is 2.57. The molecule has 7 heteroatoms. The predicted molar refractivity (Wildman–Crippen MR) is 103 cm³/mol. The van der Waals surface area contributed by atoms with Gasteiger partial charge in [0.1, 0.15) is 11.8 Å². The Morgan fingerprint density at radius 2 is 2.15 bits per heavy atom. The Hall–Kier alpha value is -1.44. The number of carbonyl (C=O) groups is 1. The van der Waals surface area contributed by atoms with Crippen LogP contribution in [0.2, 0.25) is 0 Å². The van der Waals surface area contributed by atoms with Crippen molar-refractivity contribution >= 4 is 23.5 Å². The second-order valence-corrected chi connectivity index (χ2v) is 9.31. The van der Waals surface area contributed by atoms with Crippen LogP contribution in [0.15, 0.2) is 24.3 Å². The van der Waals surface area contributed by atoms with Crippen molar-refractivity contribution in [2.24, 2.45) is 0 Å². The molecule has 1 aromatic rings. The lowest BCUT2D eigenvalue weighted by Crippen LogP contribution is -2.51. The molecule has 3 aliphatic rings. The number of amides is 1. The van der Waals surface area contributed by atoms with Crippen molar-refractivity contribution in [3.63, 3.8) is 0 Å². The number of hydrogen-bond acceptors (Lipinski definition) is 6. The van der Waals surface area contributed by atoms with Gasteiger partial charge in [0, 0.05) is 18.0 Å². The third-order valence-corrected chi connectivity index (χ3v) is 6.43. The molecular weight excluding hydrogens is 350 g/mol. The summed E-state index contributed by atoms with van der Waals surface area (Å²) >= 11 is 1.69. The Labute approximate surface area is 158 Å². The summed E-state index contributed by atoms with van der Waals surface area (Å²) in [7, 11) is 0. The molecule has 142 valence electrons. The molecule has 26 heavy (non-hydrogen) atoms. The summed E-state index contributed by atoms with van der Waals surface area (Å²) in [6.45, 7) is 6.27. The summed E-state index contributed by atoms with van der Waals surface area (Å²) in [6, 6.07) is 7.97. The zero-order valence-electron chi connectivity index (χ0n) is 15.7. The minimum absolute atomic E-state index is 0.113. The monoisotopic (exact) mass is 377 g/mol. The van der Waals surface area contributed by atoms with E-state index in [1.165, 1.54) is 10.6 Å². The van der Waals surface area contributed by atoms with Crippen molar-refractivity contribution in [1.82, 2.24) is 9.96 Å². The first kappa shape index (κ1) is 17.9. The molecule has 2 saturated heterocycles. The lowest BCUT2D eigenvalue weighted by molar-refractivity contribution is -0.114. The van der Waals surface area contributed by atoms with E-state index in [9.17, 15) is 10.0 Å². The topological polar surface area (TPSA) is 65.0 Å². The van der Waals surface area contributed by atoms with Crippen molar-refractivity contribution in [2.45, 2.75) is 56.5 Å². The molecule has 4 atom stereocenters. The molecule has 3 heterocycles. The summed E-state index contributed by atoms with van der Waals surface area (Å²) in [5.41, 5.74) is 1.39. The third kappa shape index (κ3) is 2.44. The zero-order chi connectivity index (χ0) is 18.7. The van der Waals surface area contributed by atoms with Gasteiger partial charge in [-0.25, -0.2) is 4.79 Å². The van der Waals surface area contributed by atoms with Crippen LogP contribution in [0.4, 0.5) is 10.5 Å². The summed E-state index contributed by atoms with van der Waals surface area (Å²) in [6.07, 6.45) is 2.33. The molecule has 6 nitrogen and oxygen atoms in total. The van der Waals surface area contributed by atoms with Gasteiger partial charge in [-0.05, 0) is 45.1 Å². The van der Waals surface area contributed by atoms with Crippen LogP contribution in [0.25, 0.3) is 0 Å².